The first-order chi connectivity index (χ1) is 12.2. The molecule has 1 aromatic heterocycles. The Balaban J connectivity index is 1.72. The van der Waals surface area contributed by atoms with Crippen molar-refractivity contribution in [2.75, 3.05) is 17.7 Å². The molecular formula is C19H18N4O2. The maximum atomic E-state index is 12.4. The van der Waals surface area contributed by atoms with Gasteiger partial charge in [0.25, 0.3) is 0 Å². The number of nitrogens with one attached hydrogen (secondary N) is 3. The van der Waals surface area contributed by atoms with Gasteiger partial charge in [0.15, 0.2) is 0 Å². The minimum atomic E-state index is -0.315. The lowest BCUT2D eigenvalue weighted by Gasteiger charge is -2.09. The maximum Gasteiger partial charge on any atom is 0.318 e. The molecule has 0 radical (unpaired) electrons. The third-order valence-electron chi connectivity index (χ3n) is 3.70. The standard InChI is InChI=1S/C19H18N4O2/c1-20-19(25)23-16-9-3-8-15(12-16)22-17(24)11-14-6-2-5-13-7-4-10-21-18(13)14/h2-10,12H,11H2,1H3,(H,22,24)(H2,20,23,25). The van der Waals surface area contributed by atoms with E-state index in [-0.39, 0.29) is 18.4 Å². The van der Waals surface area contributed by atoms with Crippen LogP contribution >= 0.6 is 0 Å². The normalized spacial score (nSPS) is 10.3. The molecule has 25 heavy (non-hydrogen) atoms. The van der Waals surface area contributed by atoms with E-state index in [2.05, 4.69) is 20.9 Å². The van der Waals surface area contributed by atoms with Crippen molar-refractivity contribution < 1.29 is 9.59 Å². The molecule has 3 N–H and O–H groups in total. The number of rotatable bonds is 4. The highest BCUT2D eigenvalue weighted by molar-refractivity contribution is 5.96. The van der Waals surface area contributed by atoms with Crippen LogP contribution in [0, 0.1) is 0 Å². The Kier molecular flexibility index (Phi) is 4.89. The fraction of sp³-hybridized carbons (Fsp3) is 0.105. The van der Waals surface area contributed by atoms with Crippen molar-refractivity contribution in [1.82, 2.24) is 10.3 Å². The molecule has 0 spiro atoms. The van der Waals surface area contributed by atoms with Gasteiger partial charge in [-0.1, -0.05) is 30.3 Å². The van der Waals surface area contributed by atoms with Crippen molar-refractivity contribution in [2.24, 2.45) is 0 Å². The number of hydrogen-bond donors (Lipinski definition) is 3. The lowest BCUT2D eigenvalue weighted by atomic mass is 10.1. The van der Waals surface area contributed by atoms with E-state index in [9.17, 15) is 9.59 Å². The molecule has 0 bridgehead atoms. The quantitative estimate of drug-likeness (QED) is 0.685. The van der Waals surface area contributed by atoms with E-state index in [0.29, 0.717) is 11.4 Å². The van der Waals surface area contributed by atoms with Gasteiger partial charge in [0, 0.05) is 30.0 Å². The number of para-hydroxylation sites is 1. The first kappa shape index (κ1) is 16.4. The lowest BCUT2D eigenvalue weighted by Crippen LogP contribution is -2.24. The zero-order valence-corrected chi connectivity index (χ0v) is 13.7. The van der Waals surface area contributed by atoms with Crippen LogP contribution in [0.25, 0.3) is 10.9 Å². The van der Waals surface area contributed by atoms with Gasteiger partial charge >= 0.3 is 6.03 Å². The summed E-state index contributed by atoms with van der Waals surface area (Å²) < 4.78 is 0. The number of pyridine rings is 1. The second kappa shape index (κ2) is 7.44. The third kappa shape index (κ3) is 4.11. The summed E-state index contributed by atoms with van der Waals surface area (Å²) in [5, 5.41) is 9.00. The molecule has 0 aliphatic carbocycles. The van der Waals surface area contributed by atoms with E-state index in [1.54, 1.807) is 37.5 Å². The summed E-state index contributed by atoms with van der Waals surface area (Å²) in [6, 6.07) is 16.3. The minimum absolute atomic E-state index is 0.143. The first-order valence-corrected chi connectivity index (χ1v) is 7.87. The molecule has 2 aromatic carbocycles. The van der Waals surface area contributed by atoms with Crippen LogP contribution in [0.1, 0.15) is 5.56 Å². The van der Waals surface area contributed by atoms with Crippen molar-refractivity contribution in [2.45, 2.75) is 6.42 Å². The topological polar surface area (TPSA) is 83.1 Å². The summed E-state index contributed by atoms with van der Waals surface area (Å²) in [4.78, 5) is 28.1. The predicted octanol–water partition coefficient (Wildman–Crippen LogP) is 3.17. The van der Waals surface area contributed by atoms with Crippen LogP contribution in [0.4, 0.5) is 16.2 Å². The van der Waals surface area contributed by atoms with Gasteiger partial charge in [0.05, 0.1) is 11.9 Å². The fourth-order valence-electron chi connectivity index (χ4n) is 2.56. The minimum Gasteiger partial charge on any atom is -0.341 e. The van der Waals surface area contributed by atoms with Crippen LogP contribution in [0.15, 0.2) is 60.8 Å². The zero-order chi connectivity index (χ0) is 17.6. The van der Waals surface area contributed by atoms with Crippen molar-refractivity contribution in [3.63, 3.8) is 0 Å². The number of carbonyl (C=O) groups is 2. The van der Waals surface area contributed by atoms with E-state index in [1.807, 2.05) is 30.3 Å². The first-order valence-electron chi connectivity index (χ1n) is 7.87. The average Bonchev–Trinajstić information content (AvgIpc) is 2.62. The molecule has 3 aromatic rings. The average molecular weight is 334 g/mol. The van der Waals surface area contributed by atoms with Crippen molar-refractivity contribution >= 4 is 34.2 Å². The molecule has 0 atom stereocenters. The van der Waals surface area contributed by atoms with E-state index in [1.165, 1.54) is 0 Å². The molecule has 0 unspecified atom stereocenters. The van der Waals surface area contributed by atoms with Crippen LogP contribution in [-0.2, 0) is 11.2 Å². The molecule has 0 aliphatic rings. The van der Waals surface area contributed by atoms with Gasteiger partial charge < -0.3 is 16.0 Å². The van der Waals surface area contributed by atoms with Gasteiger partial charge in [0.2, 0.25) is 5.91 Å². The number of carbonyl (C=O) groups excluding carboxylic acids is 2. The molecule has 126 valence electrons. The monoisotopic (exact) mass is 334 g/mol. The Bertz CT molecular complexity index is 919. The number of fused-ring (bicyclic) bond motifs is 1. The smallest absolute Gasteiger partial charge is 0.318 e. The molecule has 3 rings (SSSR count). The highest BCUT2D eigenvalue weighted by Gasteiger charge is 2.09. The SMILES string of the molecule is CNC(=O)Nc1cccc(NC(=O)Cc2cccc3cccnc23)c1. The number of urea groups is 1. The summed E-state index contributed by atoms with van der Waals surface area (Å²) in [5.41, 5.74) is 2.92. The molecule has 0 saturated carbocycles. The van der Waals surface area contributed by atoms with Crippen LogP contribution in [-0.4, -0.2) is 24.0 Å². The Labute approximate surface area is 145 Å². The van der Waals surface area contributed by atoms with Crippen molar-refractivity contribution in [1.29, 1.82) is 0 Å². The van der Waals surface area contributed by atoms with Gasteiger partial charge in [-0.25, -0.2) is 4.79 Å². The third-order valence-corrected chi connectivity index (χ3v) is 3.70. The zero-order valence-electron chi connectivity index (χ0n) is 13.7. The number of nitrogens with zero attached hydrogens (tertiary/aromatic N) is 1. The largest absolute Gasteiger partial charge is 0.341 e. The Morgan fingerprint density at radius 1 is 0.960 bits per heavy atom. The highest BCUT2D eigenvalue weighted by Crippen LogP contribution is 2.18. The second-order valence-corrected chi connectivity index (χ2v) is 5.50. The summed E-state index contributed by atoms with van der Waals surface area (Å²) in [7, 11) is 1.54. The van der Waals surface area contributed by atoms with Crippen LogP contribution < -0.4 is 16.0 Å². The van der Waals surface area contributed by atoms with Gasteiger partial charge in [-0.2, -0.15) is 0 Å². The molecule has 0 fully saturated rings. The molecule has 0 saturated heterocycles. The van der Waals surface area contributed by atoms with E-state index < -0.39 is 0 Å². The molecule has 0 aliphatic heterocycles. The van der Waals surface area contributed by atoms with E-state index in [0.717, 1.165) is 16.5 Å². The molecule has 6 heteroatoms. The highest BCUT2D eigenvalue weighted by atomic mass is 16.2. The van der Waals surface area contributed by atoms with E-state index >= 15 is 0 Å². The summed E-state index contributed by atoms with van der Waals surface area (Å²) in [6.45, 7) is 0. The van der Waals surface area contributed by atoms with E-state index in [4.69, 9.17) is 0 Å². The second-order valence-electron chi connectivity index (χ2n) is 5.50. The van der Waals surface area contributed by atoms with Gasteiger partial charge in [0.1, 0.15) is 0 Å². The Morgan fingerprint density at radius 2 is 1.68 bits per heavy atom. The Morgan fingerprint density at radius 3 is 2.48 bits per heavy atom. The summed E-state index contributed by atoms with van der Waals surface area (Å²) in [5.74, 6) is -0.143. The van der Waals surface area contributed by atoms with Gasteiger partial charge in [-0.3, -0.25) is 9.78 Å². The lowest BCUT2D eigenvalue weighted by molar-refractivity contribution is -0.115. The fourth-order valence-corrected chi connectivity index (χ4v) is 2.56. The van der Waals surface area contributed by atoms with Gasteiger partial charge in [-0.05, 0) is 29.8 Å². The Hall–Kier alpha value is -3.41. The molecule has 3 amide bonds. The summed E-state index contributed by atoms with van der Waals surface area (Å²) >= 11 is 0. The number of aromatic nitrogens is 1. The molecule has 6 nitrogen and oxygen atoms in total. The number of anilines is 2. The van der Waals surface area contributed by atoms with Gasteiger partial charge in [-0.15, -0.1) is 0 Å². The maximum absolute atomic E-state index is 12.4. The number of hydrogen-bond acceptors (Lipinski definition) is 3. The van der Waals surface area contributed by atoms with Crippen LogP contribution in [0.3, 0.4) is 0 Å². The summed E-state index contributed by atoms with van der Waals surface area (Å²) in [6.07, 6.45) is 1.94. The molecular weight excluding hydrogens is 316 g/mol. The van der Waals surface area contributed by atoms with Crippen molar-refractivity contribution in [3.05, 3.63) is 66.4 Å². The van der Waals surface area contributed by atoms with Crippen LogP contribution in [0.2, 0.25) is 0 Å². The number of benzene rings is 2. The van der Waals surface area contributed by atoms with Crippen molar-refractivity contribution in [3.8, 4) is 0 Å². The predicted molar refractivity (Wildman–Crippen MR) is 98.6 cm³/mol. The number of amides is 3. The van der Waals surface area contributed by atoms with Crippen LogP contribution in [0.5, 0.6) is 0 Å². The molecule has 1 heterocycles.